The topological polar surface area (TPSA) is 29.3 Å². The monoisotopic (exact) mass is 266 g/mol. The van der Waals surface area contributed by atoms with Crippen molar-refractivity contribution in [2.24, 2.45) is 5.73 Å². The SMILES string of the molecule is NC1CCN(Cc2ccccc2)C1Cc1ccccc1. The lowest BCUT2D eigenvalue weighted by molar-refractivity contribution is 0.234. The summed E-state index contributed by atoms with van der Waals surface area (Å²) in [5, 5.41) is 0. The van der Waals surface area contributed by atoms with Gasteiger partial charge in [0.05, 0.1) is 0 Å². The van der Waals surface area contributed by atoms with Crippen molar-refractivity contribution in [1.29, 1.82) is 0 Å². The Hall–Kier alpha value is -1.64. The van der Waals surface area contributed by atoms with Gasteiger partial charge in [-0.15, -0.1) is 0 Å². The Labute approximate surface area is 121 Å². The number of rotatable bonds is 4. The summed E-state index contributed by atoms with van der Waals surface area (Å²) in [7, 11) is 0. The average molecular weight is 266 g/mol. The second-order valence-corrected chi connectivity index (χ2v) is 5.67. The lowest BCUT2D eigenvalue weighted by Crippen LogP contribution is -2.40. The smallest absolute Gasteiger partial charge is 0.0291 e. The van der Waals surface area contributed by atoms with Gasteiger partial charge < -0.3 is 5.73 Å². The number of likely N-dealkylation sites (tertiary alicyclic amines) is 1. The molecule has 0 bridgehead atoms. The van der Waals surface area contributed by atoms with Gasteiger partial charge in [0.15, 0.2) is 0 Å². The predicted molar refractivity (Wildman–Crippen MR) is 83.4 cm³/mol. The molecule has 1 saturated heterocycles. The largest absolute Gasteiger partial charge is 0.326 e. The Kier molecular flexibility index (Phi) is 4.14. The molecule has 1 aliphatic rings. The van der Waals surface area contributed by atoms with Gasteiger partial charge in [-0.25, -0.2) is 0 Å². The van der Waals surface area contributed by atoms with Gasteiger partial charge in [-0.05, 0) is 24.0 Å². The Bertz CT molecular complexity index is 524. The van der Waals surface area contributed by atoms with Gasteiger partial charge in [-0.1, -0.05) is 60.7 Å². The minimum atomic E-state index is 0.291. The normalized spacial score (nSPS) is 23.1. The molecule has 0 spiro atoms. The van der Waals surface area contributed by atoms with Gasteiger partial charge in [-0.3, -0.25) is 4.90 Å². The van der Waals surface area contributed by atoms with E-state index in [1.807, 2.05) is 0 Å². The summed E-state index contributed by atoms with van der Waals surface area (Å²) in [6.45, 7) is 2.11. The van der Waals surface area contributed by atoms with Crippen LogP contribution >= 0.6 is 0 Å². The zero-order valence-electron chi connectivity index (χ0n) is 11.8. The number of nitrogens with two attached hydrogens (primary N) is 1. The van der Waals surface area contributed by atoms with Crippen molar-refractivity contribution in [3.05, 3.63) is 71.8 Å². The third kappa shape index (κ3) is 3.09. The standard InChI is InChI=1S/C18H22N2/c19-17-11-12-20(14-16-9-5-2-6-10-16)18(17)13-15-7-3-1-4-8-15/h1-10,17-18H,11-14,19H2. The van der Waals surface area contributed by atoms with Crippen LogP contribution in [0.2, 0.25) is 0 Å². The van der Waals surface area contributed by atoms with Crippen LogP contribution in [0.4, 0.5) is 0 Å². The minimum absolute atomic E-state index is 0.291. The molecular formula is C18H22N2. The maximum absolute atomic E-state index is 6.33. The van der Waals surface area contributed by atoms with Crippen molar-refractivity contribution in [2.75, 3.05) is 6.54 Å². The molecule has 2 unspecified atom stereocenters. The molecule has 0 aliphatic carbocycles. The van der Waals surface area contributed by atoms with Crippen molar-refractivity contribution in [3.8, 4) is 0 Å². The van der Waals surface area contributed by atoms with E-state index in [9.17, 15) is 0 Å². The second-order valence-electron chi connectivity index (χ2n) is 5.67. The molecule has 1 aliphatic heterocycles. The minimum Gasteiger partial charge on any atom is -0.326 e. The van der Waals surface area contributed by atoms with Gasteiger partial charge in [0, 0.05) is 25.2 Å². The number of benzene rings is 2. The van der Waals surface area contributed by atoms with Crippen LogP contribution in [0.25, 0.3) is 0 Å². The molecule has 2 aromatic carbocycles. The molecule has 2 aromatic rings. The molecule has 0 saturated carbocycles. The molecular weight excluding hydrogens is 244 g/mol. The highest BCUT2D eigenvalue weighted by molar-refractivity contribution is 5.19. The molecule has 0 radical (unpaired) electrons. The third-order valence-electron chi connectivity index (χ3n) is 4.23. The first-order valence-corrected chi connectivity index (χ1v) is 7.40. The van der Waals surface area contributed by atoms with E-state index >= 15 is 0 Å². The first-order chi connectivity index (χ1) is 9.83. The van der Waals surface area contributed by atoms with E-state index in [2.05, 4.69) is 65.6 Å². The fraction of sp³-hybridized carbons (Fsp3) is 0.333. The quantitative estimate of drug-likeness (QED) is 0.922. The maximum Gasteiger partial charge on any atom is 0.0291 e. The number of hydrogen-bond acceptors (Lipinski definition) is 2. The van der Waals surface area contributed by atoms with Crippen LogP contribution in [0.1, 0.15) is 17.5 Å². The van der Waals surface area contributed by atoms with Crippen LogP contribution < -0.4 is 5.73 Å². The summed E-state index contributed by atoms with van der Waals surface area (Å²) >= 11 is 0. The predicted octanol–water partition coefficient (Wildman–Crippen LogP) is 2.83. The molecule has 2 atom stereocenters. The van der Waals surface area contributed by atoms with Gasteiger partial charge >= 0.3 is 0 Å². The lowest BCUT2D eigenvalue weighted by Gasteiger charge is -2.27. The molecule has 1 heterocycles. The third-order valence-corrected chi connectivity index (χ3v) is 4.23. The zero-order chi connectivity index (χ0) is 13.8. The molecule has 0 aromatic heterocycles. The molecule has 2 nitrogen and oxygen atoms in total. The van der Waals surface area contributed by atoms with Crippen molar-refractivity contribution >= 4 is 0 Å². The highest BCUT2D eigenvalue weighted by atomic mass is 15.2. The average Bonchev–Trinajstić information content (AvgIpc) is 2.83. The van der Waals surface area contributed by atoms with Crippen LogP contribution in [-0.2, 0) is 13.0 Å². The van der Waals surface area contributed by atoms with E-state index in [4.69, 9.17) is 5.73 Å². The fourth-order valence-electron chi connectivity index (χ4n) is 3.09. The van der Waals surface area contributed by atoms with Gasteiger partial charge in [0.2, 0.25) is 0 Å². The van der Waals surface area contributed by atoms with E-state index in [1.165, 1.54) is 11.1 Å². The van der Waals surface area contributed by atoms with Crippen molar-refractivity contribution < 1.29 is 0 Å². The molecule has 3 rings (SSSR count). The molecule has 20 heavy (non-hydrogen) atoms. The molecule has 0 amide bonds. The molecule has 2 N–H and O–H groups in total. The van der Waals surface area contributed by atoms with Crippen LogP contribution in [0.5, 0.6) is 0 Å². The highest BCUT2D eigenvalue weighted by Gasteiger charge is 2.31. The van der Waals surface area contributed by atoms with E-state index < -0.39 is 0 Å². The van der Waals surface area contributed by atoms with E-state index in [-0.39, 0.29) is 0 Å². The van der Waals surface area contributed by atoms with Crippen LogP contribution in [-0.4, -0.2) is 23.5 Å². The summed E-state index contributed by atoms with van der Waals surface area (Å²) < 4.78 is 0. The highest BCUT2D eigenvalue weighted by Crippen LogP contribution is 2.22. The summed E-state index contributed by atoms with van der Waals surface area (Å²) in [5.41, 5.74) is 9.09. The summed E-state index contributed by atoms with van der Waals surface area (Å²) in [6.07, 6.45) is 2.15. The first kappa shape index (κ1) is 13.3. The van der Waals surface area contributed by atoms with Crippen molar-refractivity contribution in [2.45, 2.75) is 31.5 Å². The van der Waals surface area contributed by atoms with E-state index in [1.54, 1.807) is 0 Å². The Morgan fingerprint density at radius 2 is 1.50 bits per heavy atom. The summed E-state index contributed by atoms with van der Waals surface area (Å²) in [6, 6.07) is 22.1. The van der Waals surface area contributed by atoms with Gasteiger partial charge in [-0.2, -0.15) is 0 Å². The van der Waals surface area contributed by atoms with Crippen LogP contribution in [0.3, 0.4) is 0 Å². The number of nitrogens with zero attached hydrogens (tertiary/aromatic N) is 1. The van der Waals surface area contributed by atoms with Crippen molar-refractivity contribution in [3.63, 3.8) is 0 Å². The second kappa shape index (κ2) is 6.21. The Morgan fingerprint density at radius 3 is 2.15 bits per heavy atom. The summed E-state index contributed by atoms with van der Waals surface area (Å²) in [5.74, 6) is 0. The Morgan fingerprint density at radius 1 is 0.900 bits per heavy atom. The van der Waals surface area contributed by atoms with Crippen LogP contribution in [0, 0.1) is 0 Å². The molecule has 1 fully saturated rings. The molecule has 2 heteroatoms. The van der Waals surface area contributed by atoms with Gasteiger partial charge in [0.25, 0.3) is 0 Å². The van der Waals surface area contributed by atoms with E-state index in [0.717, 1.165) is 25.9 Å². The lowest BCUT2D eigenvalue weighted by atomic mass is 10.0. The first-order valence-electron chi connectivity index (χ1n) is 7.40. The molecule has 104 valence electrons. The van der Waals surface area contributed by atoms with E-state index in [0.29, 0.717) is 12.1 Å². The Balaban J connectivity index is 1.70. The van der Waals surface area contributed by atoms with Crippen molar-refractivity contribution in [1.82, 2.24) is 4.90 Å². The fourth-order valence-corrected chi connectivity index (χ4v) is 3.09. The number of hydrogen-bond donors (Lipinski definition) is 1. The summed E-state index contributed by atoms with van der Waals surface area (Å²) in [4.78, 5) is 2.53. The van der Waals surface area contributed by atoms with Crippen LogP contribution in [0.15, 0.2) is 60.7 Å². The maximum atomic E-state index is 6.33. The van der Waals surface area contributed by atoms with Gasteiger partial charge in [0.1, 0.15) is 0 Å². The zero-order valence-corrected chi connectivity index (χ0v) is 11.8.